The van der Waals surface area contributed by atoms with Crippen LogP contribution < -0.4 is 10.3 Å². The maximum Gasteiger partial charge on any atom is 0.308 e. The molecule has 3 aromatic rings. The van der Waals surface area contributed by atoms with Gasteiger partial charge in [0.15, 0.2) is 0 Å². The van der Waals surface area contributed by atoms with Crippen LogP contribution in [0.2, 0.25) is 0 Å². The third-order valence-electron chi connectivity index (χ3n) is 3.71. The van der Waals surface area contributed by atoms with Crippen molar-refractivity contribution in [2.75, 3.05) is 7.11 Å². The molecule has 23 heavy (non-hydrogen) atoms. The number of carboxylic acid groups (broad SMARTS) is 1. The minimum atomic E-state index is -1.05. The highest BCUT2D eigenvalue weighted by atomic mass is 16.5. The van der Waals surface area contributed by atoms with Crippen molar-refractivity contribution in [3.8, 4) is 16.9 Å². The van der Waals surface area contributed by atoms with Gasteiger partial charge in [-0.15, -0.1) is 0 Å². The third kappa shape index (κ3) is 2.81. The zero-order chi connectivity index (χ0) is 16.4. The Morgan fingerprint density at radius 2 is 1.91 bits per heavy atom. The minimum Gasteiger partial charge on any atom is -0.497 e. The smallest absolute Gasteiger partial charge is 0.308 e. The van der Waals surface area contributed by atoms with Crippen LogP contribution in [0.15, 0.2) is 53.3 Å². The molecule has 0 saturated heterocycles. The number of pyridine rings is 1. The number of aliphatic carboxylic acids is 1. The van der Waals surface area contributed by atoms with Crippen molar-refractivity contribution >= 4 is 16.9 Å². The van der Waals surface area contributed by atoms with Crippen molar-refractivity contribution in [3.63, 3.8) is 0 Å². The SMILES string of the molecule is COc1ccc2[nH]c(=O)c(CC(=O)O)c(-c3ccccc3)c2c1. The Kier molecular flexibility index (Phi) is 3.85. The predicted octanol–water partition coefficient (Wildman–Crippen LogP) is 2.83. The van der Waals surface area contributed by atoms with Crippen molar-refractivity contribution in [1.29, 1.82) is 0 Å². The lowest BCUT2D eigenvalue weighted by Crippen LogP contribution is -2.18. The predicted molar refractivity (Wildman–Crippen MR) is 87.9 cm³/mol. The van der Waals surface area contributed by atoms with Gasteiger partial charge in [-0.3, -0.25) is 9.59 Å². The molecule has 0 atom stereocenters. The molecule has 0 radical (unpaired) electrons. The van der Waals surface area contributed by atoms with Gasteiger partial charge in [0.1, 0.15) is 5.75 Å². The normalized spacial score (nSPS) is 10.7. The standard InChI is InChI=1S/C18H15NO4/c1-23-12-7-8-15-13(9-12)17(11-5-3-2-4-6-11)14(10-16(20)21)18(22)19-15/h2-9H,10H2,1H3,(H,19,22)(H,20,21). The second-order valence-corrected chi connectivity index (χ2v) is 5.16. The number of rotatable bonds is 4. The van der Waals surface area contributed by atoms with Gasteiger partial charge in [-0.1, -0.05) is 30.3 Å². The fourth-order valence-corrected chi connectivity index (χ4v) is 2.69. The van der Waals surface area contributed by atoms with Gasteiger partial charge in [-0.05, 0) is 23.8 Å². The van der Waals surface area contributed by atoms with E-state index < -0.39 is 5.97 Å². The Morgan fingerprint density at radius 3 is 2.57 bits per heavy atom. The molecule has 0 aliphatic rings. The molecule has 0 amide bonds. The van der Waals surface area contributed by atoms with Gasteiger partial charge in [-0.2, -0.15) is 0 Å². The number of benzene rings is 2. The van der Waals surface area contributed by atoms with E-state index in [1.807, 2.05) is 30.3 Å². The molecule has 0 aliphatic carbocycles. The quantitative estimate of drug-likeness (QED) is 0.776. The van der Waals surface area contributed by atoms with Gasteiger partial charge in [0.05, 0.1) is 13.5 Å². The Labute approximate surface area is 132 Å². The average Bonchev–Trinajstić information content (AvgIpc) is 2.55. The highest BCUT2D eigenvalue weighted by Crippen LogP contribution is 2.31. The van der Waals surface area contributed by atoms with Crippen LogP contribution in [0.4, 0.5) is 0 Å². The maximum absolute atomic E-state index is 12.4. The van der Waals surface area contributed by atoms with Crippen LogP contribution in [-0.2, 0) is 11.2 Å². The molecule has 5 nitrogen and oxygen atoms in total. The van der Waals surface area contributed by atoms with E-state index in [4.69, 9.17) is 9.84 Å². The number of H-pyrrole nitrogens is 1. The molecule has 3 rings (SSSR count). The number of ether oxygens (including phenoxy) is 1. The summed E-state index contributed by atoms with van der Waals surface area (Å²) in [6, 6.07) is 14.6. The number of methoxy groups -OCH3 is 1. The van der Waals surface area contributed by atoms with Gasteiger partial charge >= 0.3 is 5.97 Å². The van der Waals surface area contributed by atoms with Crippen molar-refractivity contribution in [3.05, 3.63) is 64.4 Å². The van der Waals surface area contributed by atoms with Crippen LogP contribution in [0.25, 0.3) is 22.0 Å². The topological polar surface area (TPSA) is 79.4 Å². The fraction of sp³-hybridized carbons (Fsp3) is 0.111. The van der Waals surface area contributed by atoms with E-state index in [-0.39, 0.29) is 17.5 Å². The van der Waals surface area contributed by atoms with E-state index in [9.17, 15) is 9.59 Å². The van der Waals surface area contributed by atoms with E-state index in [0.29, 0.717) is 16.8 Å². The van der Waals surface area contributed by atoms with Gasteiger partial charge in [-0.25, -0.2) is 0 Å². The lowest BCUT2D eigenvalue weighted by molar-refractivity contribution is -0.136. The molecule has 2 N–H and O–H groups in total. The maximum atomic E-state index is 12.4. The summed E-state index contributed by atoms with van der Waals surface area (Å²) < 4.78 is 5.26. The van der Waals surface area contributed by atoms with Crippen LogP contribution in [0.3, 0.4) is 0 Å². The highest BCUT2D eigenvalue weighted by Gasteiger charge is 2.17. The molecule has 0 fully saturated rings. The summed E-state index contributed by atoms with van der Waals surface area (Å²) >= 11 is 0. The number of hydrogen-bond acceptors (Lipinski definition) is 3. The van der Waals surface area contributed by atoms with Gasteiger partial charge in [0, 0.05) is 22.0 Å². The van der Waals surface area contributed by atoms with Gasteiger partial charge < -0.3 is 14.8 Å². The molecule has 2 aromatic carbocycles. The molecule has 5 heteroatoms. The molecule has 0 unspecified atom stereocenters. The monoisotopic (exact) mass is 309 g/mol. The third-order valence-corrected chi connectivity index (χ3v) is 3.71. The van der Waals surface area contributed by atoms with Crippen LogP contribution in [-0.4, -0.2) is 23.2 Å². The molecule has 0 spiro atoms. The summed E-state index contributed by atoms with van der Waals surface area (Å²) in [5.41, 5.74) is 1.93. The number of fused-ring (bicyclic) bond motifs is 1. The largest absolute Gasteiger partial charge is 0.497 e. The molecule has 0 bridgehead atoms. The van der Waals surface area contributed by atoms with Crippen molar-refractivity contribution in [1.82, 2.24) is 4.98 Å². The van der Waals surface area contributed by atoms with Crippen molar-refractivity contribution < 1.29 is 14.6 Å². The summed E-state index contributed by atoms with van der Waals surface area (Å²) in [5, 5.41) is 9.91. The highest BCUT2D eigenvalue weighted by molar-refractivity contribution is 5.97. The lowest BCUT2D eigenvalue weighted by Gasteiger charge is -2.13. The summed E-state index contributed by atoms with van der Waals surface area (Å²) in [7, 11) is 1.56. The summed E-state index contributed by atoms with van der Waals surface area (Å²) in [5.74, 6) is -0.405. The second kappa shape index (κ2) is 5.96. The van der Waals surface area contributed by atoms with Crippen LogP contribution in [0.1, 0.15) is 5.56 Å². The molecular formula is C18H15NO4. The number of aromatic nitrogens is 1. The summed E-state index contributed by atoms with van der Waals surface area (Å²) in [6.07, 6.45) is -0.341. The van der Waals surface area contributed by atoms with Crippen molar-refractivity contribution in [2.24, 2.45) is 0 Å². The minimum absolute atomic E-state index is 0.240. The first-order valence-corrected chi connectivity index (χ1v) is 7.10. The molecular weight excluding hydrogens is 294 g/mol. The Morgan fingerprint density at radius 1 is 1.17 bits per heavy atom. The molecule has 0 saturated carbocycles. The molecule has 1 heterocycles. The molecule has 0 aliphatic heterocycles. The van der Waals surface area contributed by atoms with E-state index in [1.54, 1.807) is 25.3 Å². The van der Waals surface area contributed by atoms with E-state index >= 15 is 0 Å². The first kappa shape index (κ1) is 14.8. The Bertz CT molecular complexity index is 929. The van der Waals surface area contributed by atoms with Crippen LogP contribution in [0.5, 0.6) is 5.75 Å². The van der Waals surface area contributed by atoms with Crippen molar-refractivity contribution in [2.45, 2.75) is 6.42 Å². The lowest BCUT2D eigenvalue weighted by atomic mass is 9.94. The number of aromatic amines is 1. The van der Waals surface area contributed by atoms with Crippen LogP contribution in [0, 0.1) is 0 Å². The molecule has 1 aromatic heterocycles. The number of carboxylic acids is 1. The van der Waals surface area contributed by atoms with E-state index in [0.717, 1.165) is 10.9 Å². The summed E-state index contributed by atoms with van der Waals surface area (Å²) in [4.78, 5) is 26.3. The Balaban J connectivity index is 2.42. The zero-order valence-electron chi connectivity index (χ0n) is 12.5. The number of carbonyl (C=O) groups is 1. The van der Waals surface area contributed by atoms with Gasteiger partial charge in [0.2, 0.25) is 0 Å². The first-order chi connectivity index (χ1) is 11.1. The molecule has 116 valence electrons. The fourth-order valence-electron chi connectivity index (χ4n) is 2.69. The van der Waals surface area contributed by atoms with E-state index in [1.165, 1.54) is 0 Å². The second-order valence-electron chi connectivity index (χ2n) is 5.16. The Hall–Kier alpha value is -3.08. The zero-order valence-corrected chi connectivity index (χ0v) is 12.5. The van der Waals surface area contributed by atoms with E-state index in [2.05, 4.69) is 4.98 Å². The first-order valence-electron chi connectivity index (χ1n) is 7.10. The van der Waals surface area contributed by atoms with Gasteiger partial charge in [0.25, 0.3) is 5.56 Å². The number of nitrogens with one attached hydrogen (secondary N) is 1. The number of hydrogen-bond donors (Lipinski definition) is 2. The summed E-state index contributed by atoms with van der Waals surface area (Å²) in [6.45, 7) is 0. The average molecular weight is 309 g/mol. The van der Waals surface area contributed by atoms with Crippen LogP contribution >= 0.6 is 0 Å².